The Labute approximate surface area is 166 Å². The minimum Gasteiger partial charge on any atom is -0.459 e. The van der Waals surface area contributed by atoms with E-state index in [-0.39, 0.29) is 17.6 Å². The number of aryl methyl sites for hydroxylation is 2. The van der Waals surface area contributed by atoms with Crippen molar-refractivity contribution in [3.8, 4) is 0 Å². The molecule has 0 radical (unpaired) electrons. The fourth-order valence-corrected chi connectivity index (χ4v) is 5.65. The molecule has 5 heteroatoms. The van der Waals surface area contributed by atoms with E-state index in [0.717, 1.165) is 38.0 Å². The number of carbonyl (C=O) groups is 1. The van der Waals surface area contributed by atoms with E-state index in [1.54, 1.807) is 6.26 Å². The third kappa shape index (κ3) is 2.97. The van der Waals surface area contributed by atoms with Crippen LogP contribution in [0, 0.1) is 25.7 Å². The Hall–Kier alpha value is -2.11. The first kappa shape index (κ1) is 18.0. The molecule has 2 aromatic rings. The summed E-state index contributed by atoms with van der Waals surface area (Å²) in [6, 6.07) is 10.6. The maximum absolute atomic E-state index is 12.5. The molecule has 0 aliphatic carbocycles. The molecule has 4 atom stereocenters. The number of amides is 1. The second-order valence-electron chi connectivity index (χ2n) is 8.83. The molecule has 3 aliphatic rings. The lowest BCUT2D eigenvalue weighted by atomic mass is 9.73. The van der Waals surface area contributed by atoms with Crippen molar-refractivity contribution in [3.63, 3.8) is 0 Å². The average molecular weight is 380 g/mol. The molecule has 4 heterocycles. The van der Waals surface area contributed by atoms with Crippen LogP contribution in [0.2, 0.25) is 0 Å². The van der Waals surface area contributed by atoms with Gasteiger partial charge in [-0.1, -0.05) is 29.8 Å². The number of carbonyl (C=O) groups excluding carboxylic acids is 1. The third-order valence-corrected chi connectivity index (χ3v) is 6.91. The van der Waals surface area contributed by atoms with Gasteiger partial charge in [0, 0.05) is 43.6 Å². The molecule has 0 unspecified atom stereocenters. The zero-order valence-electron chi connectivity index (χ0n) is 16.6. The molecular weight excluding hydrogens is 352 g/mol. The molecule has 3 saturated heterocycles. The fourth-order valence-electron chi connectivity index (χ4n) is 5.65. The summed E-state index contributed by atoms with van der Waals surface area (Å²) >= 11 is 0. The smallest absolute Gasteiger partial charge is 0.287 e. The Balaban J connectivity index is 1.26. The van der Waals surface area contributed by atoms with E-state index in [1.807, 2.05) is 13.0 Å². The maximum atomic E-state index is 12.5. The monoisotopic (exact) mass is 380 g/mol. The molecule has 1 N–H and O–H groups in total. The zero-order valence-corrected chi connectivity index (χ0v) is 16.6. The van der Waals surface area contributed by atoms with Crippen LogP contribution in [0.1, 0.15) is 40.1 Å². The Kier molecular flexibility index (Phi) is 4.33. The van der Waals surface area contributed by atoms with Gasteiger partial charge >= 0.3 is 0 Å². The van der Waals surface area contributed by atoms with Crippen molar-refractivity contribution in [1.29, 1.82) is 0 Å². The van der Waals surface area contributed by atoms with Crippen LogP contribution in [0.15, 0.2) is 41.0 Å². The topological polar surface area (TPSA) is 54.7 Å². The number of hydrogen-bond acceptors (Lipinski definition) is 4. The summed E-state index contributed by atoms with van der Waals surface area (Å²) in [4.78, 5) is 15.0. The molecule has 5 nitrogen and oxygen atoms in total. The standard InChI is InChI=1S/C23H28N2O3/c1-15-4-3-5-17(10-15)12-25-13-19-18(20-6-8-23(19,14-25)28-20)11-24-22(26)21-16(2)7-9-27-21/h3-5,7,9-10,18-20H,6,8,11-14H2,1-2H3,(H,24,26)/t18-,19+,20+,23+/m0/s1. The minimum atomic E-state index is -0.117. The van der Waals surface area contributed by atoms with E-state index in [2.05, 4.69) is 41.4 Å². The van der Waals surface area contributed by atoms with Crippen LogP contribution in [0.3, 0.4) is 0 Å². The number of fused-ring (bicyclic) bond motifs is 1. The second-order valence-corrected chi connectivity index (χ2v) is 8.83. The second kappa shape index (κ2) is 6.75. The van der Waals surface area contributed by atoms with E-state index in [1.165, 1.54) is 11.1 Å². The Morgan fingerprint density at radius 3 is 3.00 bits per heavy atom. The van der Waals surface area contributed by atoms with Crippen LogP contribution in [0.4, 0.5) is 0 Å². The van der Waals surface area contributed by atoms with Crippen LogP contribution < -0.4 is 5.32 Å². The molecule has 1 amide bonds. The number of likely N-dealkylation sites (tertiary alicyclic amines) is 1. The minimum absolute atomic E-state index is 0.00944. The van der Waals surface area contributed by atoms with Crippen LogP contribution in [-0.4, -0.2) is 42.1 Å². The summed E-state index contributed by atoms with van der Waals surface area (Å²) in [6.45, 7) is 7.72. The third-order valence-electron chi connectivity index (χ3n) is 6.91. The van der Waals surface area contributed by atoms with Gasteiger partial charge < -0.3 is 14.5 Å². The summed E-state index contributed by atoms with van der Waals surface area (Å²) in [7, 11) is 0. The van der Waals surface area contributed by atoms with Gasteiger partial charge in [-0.05, 0) is 38.3 Å². The quantitative estimate of drug-likeness (QED) is 0.865. The fraction of sp³-hybridized carbons (Fsp3) is 0.522. The van der Waals surface area contributed by atoms with E-state index in [9.17, 15) is 4.79 Å². The van der Waals surface area contributed by atoms with Crippen molar-refractivity contribution in [3.05, 3.63) is 59.0 Å². The van der Waals surface area contributed by atoms with E-state index >= 15 is 0 Å². The summed E-state index contributed by atoms with van der Waals surface area (Å²) in [5.41, 5.74) is 3.54. The molecular formula is C23H28N2O3. The van der Waals surface area contributed by atoms with Crippen LogP contribution in [-0.2, 0) is 11.3 Å². The molecule has 1 spiro atoms. The van der Waals surface area contributed by atoms with Gasteiger partial charge in [-0.25, -0.2) is 0 Å². The molecule has 148 valence electrons. The van der Waals surface area contributed by atoms with E-state index in [0.29, 0.717) is 24.1 Å². The first-order valence-electron chi connectivity index (χ1n) is 10.3. The molecule has 0 saturated carbocycles. The predicted octanol–water partition coefficient (Wildman–Crippen LogP) is 3.31. The SMILES string of the molecule is Cc1cccc(CN2C[C@@H]3[C@H](CNC(=O)c4occc4C)[C@H]4CC[C@]3(C2)O4)c1. The van der Waals surface area contributed by atoms with Crippen molar-refractivity contribution >= 4 is 5.91 Å². The van der Waals surface area contributed by atoms with Gasteiger partial charge in [-0.2, -0.15) is 0 Å². The Bertz CT molecular complexity index is 891. The van der Waals surface area contributed by atoms with Gasteiger partial charge in [-0.3, -0.25) is 9.69 Å². The summed E-state index contributed by atoms with van der Waals surface area (Å²) in [5.74, 6) is 1.18. The first-order valence-corrected chi connectivity index (χ1v) is 10.3. The van der Waals surface area contributed by atoms with Gasteiger partial charge in [0.2, 0.25) is 0 Å². The van der Waals surface area contributed by atoms with Gasteiger partial charge in [0.25, 0.3) is 5.91 Å². The highest BCUT2D eigenvalue weighted by atomic mass is 16.5. The molecule has 1 aromatic heterocycles. The van der Waals surface area contributed by atoms with Crippen molar-refractivity contribution in [2.75, 3.05) is 19.6 Å². The highest BCUT2D eigenvalue weighted by Gasteiger charge is 2.62. The van der Waals surface area contributed by atoms with Crippen LogP contribution in [0.5, 0.6) is 0 Å². The lowest BCUT2D eigenvalue weighted by Gasteiger charge is -2.29. The lowest BCUT2D eigenvalue weighted by molar-refractivity contribution is 0.00211. The highest BCUT2D eigenvalue weighted by Crippen LogP contribution is 2.54. The number of hydrogen-bond donors (Lipinski definition) is 1. The highest BCUT2D eigenvalue weighted by molar-refractivity contribution is 5.92. The molecule has 1 aromatic carbocycles. The van der Waals surface area contributed by atoms with Crippen molar-refractivity contribution < 1.29 is 13.9 Å². The van der Waals surface area contributed by atoms with Gasteiger partial charge in [0.05, 0.1) is 18.0 Å². The van der Waals surface area contributed by atoms with Crippen LogP contribution in [0.25, 0.3) is 0 Å². The molecule has 3 aliphatic heterocycles. The number of benzene rings is 1. The van der Waals surface area contributed by atoms with E-state index in [4.69, 9.17) is 9.15 Å². The summed E-state index contributed by atoms with van der Waals surface area (Å²) in [6.07, 6.45) is 4.10. The normalized spacial score (nSPS) is 31.3. The number of ether oxygens (including phenoxy) is 1. The number of nitrogens with one attached hydrogen (secondary N) is 1. The van der Waals surface area contributed by atoms with Gasteiger partial charge in [0.15, 0.2) is 5.76 Å². The Morgan fingerprint density at radius 1 is 1.32 bits per heavy atom. The number of nitrogens with zero attached hydrogens (tertiary/aromatic N) is 1. The molecule has 3 fully saturated rings. The number of rotatable bonds is 5. The molecule has 2 bridgehead atoms. The largest absolute Gasteiger partial charge is 0.459 e. The Morgan fingerprint density at radius 2 is 2.21 bits per heavy atom. The summed E-state index contributed by atoms with van der Waals surface area (Å²) in [5, 5.41) is 3.10. The predicted molar refractivity (Wildman–Crippen MR) is 106 cm³/mol. The van der Waals surface area contributed by atoms with E-state index < -0.39 is 0 Å². The van der Waals surface area contributed by atoms with Gasteiger partial charge in [0.1, 0.15) is 0 Å². The maximum Gasteiger partial charge on any atom is 0.287 e. The van der Waals surface area contributed by atoms with Crippen molar-refractivity contribution in [2.24, 2.45) is 11.8 Å². The van der Waals surface area contributed by atoms with Crippen molar-refractivity contribution in [2.45, 2.75) is 44.9 Å². The van der Waals surface area contributed by atoms with Crippen molar-refractivity contribution in [1.82, 2.24) is 10.2 Å². The lowest BCUT2D eigenvalue weighted by Crippen LogP contribution is -2.41. The number of furan rings is 1. The molecule has 28 heavy (non-hydrogen) atoms. The average Bonchev–Trinajstić information content (AvgIpc) is 3.40. The zero-order chi connectivity index (χ0) is 19.3. The van der Waals surface area contributed by atoms with Crippen LogP contribution >= 0.6 is 0 Å². The summed E-state index contributed by atoms with van der Waals surface area (Å²) < 4.78 is 11.8. The first-order chi connectivity index (χ1) is 13.5. The van der Waals surface area contributed by atoms with Gasteiger partial charge in [-0.15, -0.1) is 0 Å². The molecule has 5 rings (SSSR count).